The second-order valence-corrected chi connectivity index (χ2v) is 7.51. The molecule has 0 radical (unpaired) electrons. The maximum absolute atomic E-state index is 12.6. The van der Waals surface area contributed by atoms with Gasteiger partial charge in [-0.05, 0) is 32.0 Å². The minimum atomic E-state index is 0.0187. The quantitative estimate of drug-likeness (QED) is 0.859. The normalized spacial score (nSPS) is 18.9. The van der Waals surface area contributed by atoms with Crippen LogP contribution in [0.3, 0.4) is 0 Å². The first-order valence-electron chi connectivity index (χ1n) is 9.90. The number of piperazine rings is 1. The van der Waals surface area contributed by atoms with Crippen molar-refractivity contribution in [3.05, 3.63) is 36.9 Å². The minimum absolute atomic E-state index is 0.0187. The van der Waals surface area contributed by atoms with Gasteiger partial charge in [0.05, 0.1) is 18.1 Å². The van der Waals surface area contributed by atoms with E-state index < -0.39 is 0 Å². The van der Waals surface area contributed by atoms with Crippen LogP contribution >= 0.6 is 0 Å². The maximum atomic E-state index is 12.6. The fourth-order valence-corrected chi connectivity index (χ4v) is 3.75. The smallest absolute Gasteiger partial charge is 0.227 e. The molecule has 4 heterocycles. The number of nitrogens with zero attached hydrogens (tertiary/aromatic N) is 6. The Morgan fingerprint density at radius 2 is 1.68 bits per heavy atom. The van der Waals surface area contributed by atoms with E-state index in [-0.39, 0.29) is 11.8 Å². The third-order valence-corrected chi connectivity index (χ3v) is 5.58. The lowest BCUT2D eigenvalue weighted by Crippen LogP contribution is -2.44. The van der Waals surface area contributed by atoms with Crippen molar-refractivity contribution in [3.8, 4) is 0 Å². The van der Waals surface area contributed by atoms with E-state index in [2.05, 4.69) is 42.0 Å². The molecule has 4 rings (SSSR count). The van der Waals surface area contributed by atoms with Crippen molar-refractivity contribution in [3.63, 3.8) is 0 Å². The number of carbonyl (C=O) groups is 1. The van der Waals surface area contributed by atoms with Crippen molar-refractivity contribution in [1.82, 2.24) is 19.9 Å². The van der Waals surface area contributed by atoms with E-state index in [1.807, 2.05) is 12.1 Å². The third-order valence-electron chi connectivity index (χ3n) is 5.58. The summed E-state index contributed by atoms with van der Waals surface area (Å²) in [6.07, 6.45) is 8.54. The second-order valence-electron chi connectivity index (χ2n) is 7.51. The molecule has 148 valence electrons. The average Bonchev–Trinajstić information content (AvgIpc) is 2.76. The van der Waals surface area contributed by atoms with Crippen LogP contribution in [0.1, 0.15) is 12.8 Å². The number of nitrogens with one attached hydrogen (secondary N) is 1. The number of amides is 1. The van der Waals surface area contributed by atoms with Crippen LogP contribution in [0.25, 0.3) is 0 Å². The fourth-order valence-electron chi connectivity index (χ4n) is 3.75. The molecular formula is C20H27N7O. The third kappa shape index (κ3) is 4.39. The molecule has 0 spiro atoms. The molecule has 0 aromatic carbocycles. The number of pyridine rings is 1. The average molecular weight is 381 g/mol. The van der Waals surface area contributed by atoms with Gasteiger partial charge in [-0.3, -0.25) is 9.78 Å². The van der Waals surface area contributed by atoms with Gasteiger partial charge >= 0.3 is 0 Å². The zero-order valence-electron chi connectivity index (χ0n) is 16.3. The van der Waals surface area contributed by atoms with Gasteiger partial charge in [0, 0.05) is 57.6 Å². The SMILES string of the molecule is CN1CCN(c2ccc(NC(=O)C3CCN(c4cnccn4)CC3)cn2)CC1. The summed E-state index contributed by atoms with van der Waals surface area (Å²) in [5.41, 5.74) is 0.763. The van der Waals surface area contributed by atoms with Crippen molar-refractivity contribution >= 4 is 23.2 Å². The van der Waals surface area contributed by atoms with Crippen LogP contribution in [-0.2, 0) is 4.79 Å². The number of rotatable bonds is 4. The lowest BCUT2D eigenvalue weighted by atomic mass is 9.96. The van der Waals surface area contributed by atoms with E-state index >= 15 is 0 Å². The predicted octanol–water partition coefficient (Wildman–Crippen LogP) is 1.48. The van der Waals surface area contributed by atoms with Gasteiger partial charge in [-0.2, -0.15) is 0 Å². The van der Waals surface area contributed by atoms with Gasteiger partial charge in [-0.25, -0.2) is 9.97 Å². The number of hydrogen-bond acceptors (Lipinski definition) is 7. The Morgan fingerprint density at radius 3 is 2.32 bits per heavy atom. The summed E-state index contributed by atoms with van der Waals surface area (Å²) in [7, 11) is 2.14. The highest BCUT2D eigenvalue weighted by atomic mass is 16.1. The molecule has 8 nitrogen and oxygen atoms in total. The molecule has 0 unspecified atom stereocenters. The topological polar surface area (TPSA) is 77.5 Å². The molecule has 1 N–H and O–H groups in total. The van der Waals surface area contributed by atoms with Gasteiger partial charge in [0.2, 0.25) is 5.91 Å². The van der Waals surface area contributed by atoms with Gasteiger partial charge in [-0.15, -0.1) is 0 Å². The molecule has 0 bridgehead atoms. The van der Waals surface area contributed by atoms with Crippen molar-refractivity contribution in [2.75, 3.05) is 61.4 Å². The van der Waals surface area contributed by atoms with Gasteiger partial charge in [-0.1, -0.05) is 0 Å². The Labute approximate surface area is 165 Å². The Balaban J connectivity index is 1.28. The van der Waals surface area contributed by atoms with Crippen molar-refractivity contribution < 1.29 is 4.79 Å². The summed E-state index contributed by atoms with van der Waals surface area (Å²) in [4.78, 5) is 32.4. The van der Waals surface area contributed by atoms with Crippen molar-refractivity contribution in [1.29, 1.82) is 0 Å². The molecule has 2 aliphatic heterocycles. The number of piperidine rings is 1. The molecule has 2 aromatic heterocycles. The fraction of sp³-hybridized carbons (Fsp3) is 0.500. The lowest BCUT2D eigenvalue weighted by molar-refractivity contribution is -0.120. The standard InChI is InChI=1S/C20H27N7O/c1-25-10-12-27(13-11-25)18-3-2-17(14-23-18)24-20(28)16-4-8-26(9-5-16)19-15-21-6-7-22-19/h2-3,6-7,14-16H,4-5,8-13H2,1H3,(H,24,28). The summed E-state index contributed by atoms with van der Waals surface area (Å²) in [6.45, 7) is 5.70. The van der Waals surface area contributed by atoms with Crippen LogP contribution in [0.15, 0.2) is 36.9 Å². The number of anilines is 3. The van der Waals surface area contributed by atoms with E-state index in [0.717, 1.165) is 69.4 Å². The summed E-state index contributed by atoms with van der Waals surface area (Å²) in [6, 6.07) is 3.95. The molecular weight excluding hydrogens is 354 g/mol. The molecule has 1 amide bonds. The van der Waals surface area contributed by atoms with E-state index in [4.69, 9.17) is 0 Å². The van der Waals surface area contributed by atoms with Gasteiger partial charge in [0.1, 0.15) is 11.6 Å². The number of hydrogen-bond donors (Lipinski definition) is 1. The second kappa shape index (κ2) is 8.52. The number of carbonyl (C=O) groups excluding carboxylic acids is 1. The van der Waals surface area contributed by atoms with E-state index in [0.29, 0.717) is 0 Å². The van der Waals surface area contributed by atoms with Crippen LogP contribution in [-0.4, -0.2) is 72.1 Å². The zero-order valence-corrected chi connectivity index (χ0v) is 16.3. The van der Waals surface area contributed by atoms with Gasteiger partial charge in [0.25, 0.3) is 0 Å². The number of likely N-dealkylation sites (N-methyl/N-ethyl adjacent to an activating group) is 1. The summed E-state index contributed by atoms with van der Waals surface area (Å²) >= 11 is 0. The molecule has 2 aromatic rings. The first-order chi connectivity index (χ1) is 13.7. The highest BCUT2D eigenvalue weighted by molar-refractivity contribution is 5.92. The molecule has 28 heavy (non-hydrogen) atoms. The van der Waals surface area contributed by atoms with Crippen LogP contribution in [0.4, 0.5) is 17.3 Å². The highest BCUT2D eigenvalue weighted by Crippen LogP contribution is 2.23. The Hall–Kier alpha value is -2.74. The summed E-state index contributed by atoms with van der Waals surface area (Å²) in [5.74, 6) is 1.95. The number of aromatic nitrogens is 3. The lowest BCUT2D eigenvalue weighted by Gasteiger charge is -2.33. The van der Waals surface area contributed by atoms with Gasteiger partial charge < -0.3 is 20.0 Å². The molecule has 0 atom stereocenters. The van der Waals surface area contributed by atoms with Gasteiger partial charge in [0.15, 0.2) is 0 Å². The highest BCUT2D eigenvalue weighted by Gasteiger charge is 2.26. The van der Waals surface area contributed by atoms with Crippen LogP contribution in [0, 0.1) is 5.92 Å². The Kier molecular flexibility index (Phi) is 5.66. The predicted molar refractivity (Wildman–Crippen MR) is 110 cm³/mol. The zero-order chi connectivity index (χ0) is 19.3. The first-order valence-corrected chi connectivity index (χ1v) is 9.90. The van der Waals surface area contributed by atoms with E-state index in [1.165, 1.54) is 0 Å². The van der Waals surface area contributed by atoms with Crippen LogP contribution in [0.5, 0.6) is 0 Å². The minimum Gasteiger partial charge on any atom is -0.355 e. The molecule has 2 aliphatic rings. The Morgan fingerprint density at radius 1 is 0.929 bits per heavy atom. The van der Waals surface area contributed by atoms with E-state index in [9.17, 15) is 4.79 Å². The largest absolute Gasteiger partial charge is 0.355 e. The van der Waals surface area contributed by atoms with Crippen LogP contribution in [0.2, 0.25) is 0 Å². The molecule has 8 heteroatoms. The summed E-state index contributed by atoms with van der Waals surface area (Å²) < 4.78 is 0. The van der Waals surface area contributed by atoms with E-state index in [1.54, 1.807) is 24.8 Å². The van der Waals surface area contributed by atoms with Crippen LogP contribution < -0.4 is 15.1 Å². The molecule has 0 saturated carbocycles. The summed E-state index contributed by atoms with van der Waals surface area (Å²) in [5, 5.41) is 3.03. The Bertz CT molecular complexity index is 767. The first kappa shape index (κ1) is 18.6. The van der Waals surface area contributed by atoms with Crippen molar-refractivity contribution in [2.24, 2.45) is 5.92 Å². The van der Waals surface area contributed by atoms with Crippen molar-refractivity contribution in [2.45, 2.75) is 12.8 Å². The monoisotopic (exact) mass is 381 g/mol. The maximum Gasteiger partial charge on any atom is 0.227 e. The molecule has 2 saturated heterocycles. The molecule has 0 aliphatic carbocycles. The molecule has 2 fully saturated rings.